The SMILES string of the molecule is CCc1nc2c(C)cc(C)nc2n1Cc1ccc(-c2ccsc2-c2nn[nH]n2)cc1. The Morgan fingerprint density at radius 2 is 1.90 bits per heavy atom. The third-order valence-corrected chi connectivity index (χ3v) is 6.15. The molecule has 30 heavy (non-hydrogen) atoms. The molecular formula is C22H21N7S. The van der Waals surface area contributed by atoms with E-state index < -0.39 is 0 Å². The quantitative estimate of drug-likeness (QED) is 0.455. The molecule has 0 unspecified atom stereocenters. The normalized spacial score (nSPS) is 11.4. The van der Waals surface area contributed by atoms with Crippen LogP contribution in [0.15, 0.2) is 41.8 Å². The number of aryl methyl sites for hydroxylation is 3. The van der Waals surface area contributed by atoms with Gasteiger partial charge in [0.15, 0.2) is 5.65 Å². The number of aromatic nitrogens is 7. The van der Waals surface area contributed by atoms with Crippen molar-refractivity contribution in [1.82, 2.24) is 35.2 Å². The third kappa shape index (κ3) is 3.19. The summed E-state index contributed by atoms with van der Waals surface area (Å²) in [6, 6.07) is 12.8. The number of hydrogen-bond donors (Lipinski definition) is 1. The molecule has 5 aromatic rings. The van der Waals surface area contributed by atoms with E-state index in [0.29, 0.717) is 5.82 Å². The van der Waals surface area contributed by atoms with Gasteiger partial charge in [-0.2, -0.15) is 5.21 Å². The van der Waals surface area contributed by atoms with Gasteiger partial charge in [-0.05, 0) is 53.3 Å². The summed E-state index contributed by atoms with van der Waals surface area (Å²) in [5.41, 5.74) is 7.62. The van der Waals surface area contributed by atoms with Gasteiger partial charge in [-0.25, -0.2) is 9.97 Å². The van der Waals surface area contributed by atoms with Gasteiger partial charge < -0.3 is 4.57 Å². The molecule has 0 fully saturated rings. The van der Waals surface area contributed by atoms with Crippen molar-refractivity contribution in [3.05, 3.63) is 64.4 Å². The number of imidazole rings is 1. The van der Waals surface area contributed by atoms with Crippen molar-refractivity contribution in [2.75, 3.05) is 0 Å². The van der Waals surface area contributed by atoms with Crippen LogP contribution in [-0.2, 0) is 13.0 Å². The van der Waals surface area contributed by atoms with Crippen LogP contribution >= 0.6 is 11.3 Å². The van der Waals surface area contributed by atoms with Gasteiger partial charge in [-0.15, -0.1) is 21.5 Å². The van der Waals surface area contributed by atoms with E-state index in [1.165, 1.54) is 11.1 Å². The van der Waals surface area contributed by atoms with E-state index in [1.807, 2.05) is 6.92 Å². The van der Waals surface area contributed by atoms with E-state index in [2.05, 4.69) is 80.8 Å². The van der Waals surface area contributed by atoms with E-state index in [0.717, 1.165) is 51.7 Å². The Kier molecular flexibility index (Phi) is 4.63. The number of pyridine rings is 1. The molecular weight excluding hydrogens is 394 g/mol. The molecule has 150 valence electrons. The minimum absolute atomic E-state index is 0.623. The summed E-state index contributed by atoms with van der Waals surface area (Å²) in [5.74, 6) is 1.69. The van der Waals surface area contributed by atoms with E-state index in [4.69, 9.17) is 9.97 Å². The molecule has 0 radical (unpaired) electrons. The molecule has 0 aliphatic carbocycles. The van der Waals surface area contributed by atoms with E-state index in [9.17, 15) is 0 Å². The van der Waals surface area contributed by atoms with Crippen molar-refractivity contribution in [2.24, 2.45) is 0 Å². The first-order valence-corrected chi connectivity index (χ1v) is 10.8. The molecule has 1 aromatic carbocycles. The summed E-state index contributed by atoms with van der Waals surface area (Å²) in [6.45, 7) is 7.02. The fourth-order valence-corrected chi connectivity index (χ4v) is 4.67. The molecule has 4 heterocycles. The number of hydrogen-bond acceptors (Lipinski definition) is 6. The van der Waals surface area contributed by atoms with E-state index >= 15 is 0 Å². The molecule has 7 nitrogen and oxygen atoms in total. The number of tetrazole rings is 1. The number of benzene rings is 1. The lowest BCUT2D eigenvalue weighted by Gasteiger charge is -2.09. The zero-order valence-corrected chi connectivity index (χ0v) is 17.9. The Labute approximate surface area is 177 Å². The number of nitrogens with zero attached hydrogens (tertiary/aromatic N) is 6. The maximum Gasteiger partial charge on any atom is 0.215 e. The molecule has 0 saturated heterocycles. The molecule has 0 atom stereocenters. The lowest BCUT2D eigenvalue weighted by Crippen LogP contribution is -2.05. The first-order valence-electron chi connectivity index (χ1n) is 9.88. The molecule has 0 saturated carbocycles. The van der Waals surface area contributed by atoms with Gasteiger partial charge in [-0.3, -0.25) is 0 Å². The molecule has 0 bridgehead atoms. The second-order valence-electron chi connectivity index (χ2n) is 7.32. The summed E-state index contributed by atoms with van der Waals surface area (Å²) in [7, 11) is 0. The number of fused-ring (bicyclic) bond motifs is 1. The highest BCUT2D eigenvalue weighted by molar-refractivity contribution is 7.14. The Balaban J connectivity index is 1.49. The van der Waals surface area contributed by atoms with Crippen LogP contribution in [0, 0.1) is 13.8 Å². The van der Waals surface area contributed by atoms with Gasteiger partial charge in [0.05, 0.1) is 11.4 Å². The van der Waals surface area contributed by atoms with Gasteiger partial charge in [0, 0.05) is 17.7 Å². The lowest BCUT2D eigenvalue weighted by molar-refractivity contribution is 0.745. The predicted octanol–water partition coefficient (Wildman–Crippen LogP) is 4.57. The summed E-state index contributed by atoms with van der Waals surface area (Å²) >= 11 is 1.61. The number of H-pyrrole nitrogens is 1. The topological polar surface area (TPSA) is 85.2 Å². The Morgan fingerprint density at radius 1 is 1.07 bits per heavy atom. The highest BCUT2D eigenvalue weighted by Crippen LogP contribution is 2.34. The number of thiophene rings is 1. The lowest BCUT2D eigenvalue weighted by atomic mass is 10.0. The van der Waals surface area contributed by atoms with Crippen LogP contribution in [0.2, 0.25) is 0 Å². The third-order valence-electron chi connectivity index (χ3n) is 5.24. The van der Waals surface area contributed by atoms with Crippen molar-refractivity contribution in [2.45, 2.75) is 33.7 Å². The highest BCUT2D eigenvalue weighted by atomic mass is 32.1. The molecule has 0 aliphatic rings. The smallest absolute Gasteiger partial charge is 0.215 e. The maximum atomic E-state index is 4.85. The predicted molar refractivity (Wildman–Crippen MR) is 118 cm³/mol. The Hall–Kier alpha value is -3.39. The van der Waals surface area contributed by atoms with Crippen molar-refractivity contribution >= 4 is 22.5 Å². The molecule has 0 aliphatic heterocycles. The van der Waals surface area contributed by atoms with Crippen LogP contribution < -0.4 is 0 Å². The second-order valence-corrected chi connectivity index (χ2v) is 8.23. The molecule has 1 N–H and O–H groups in total. The Bertz CT molecular complexity index is 1310. The van der Waals surface area contributed by atoms with Crippen LogP contribution in [0.4, 0.5) is 0 Å². The number of rotatable bonds is 5. The first-order chi connectivity index (χ1) is 14.6. The van der Waals surface area contributed by atoms with Crippen LogP contribution in [0.5, 0.6) is 0 Å². The molecule has 5 rings (SSSR count). The standard InChI is InChI=1S/C22H21N7S/c1-4-18-24-19-13(2)11-14(3)23-22(19)29(18)12-15-5-7-16(8-6-15)17-9-10-30-20(17)21-25-27-28-26-21/h5-11H,4,12H2,1-3H3,(H,25,26,27,28). The molecule has 8 heteroatoms. The monoisotopic (exact) mass is 415 g/mol. The van der Waals surface area contributed by atoms with Gasteiger partial charge in [0.2, 0.25) is 5.82 Å². The maximum absolute atomic E-state index is 4.85. The summed E-state index contributed by atoms with van der Waals surface area (Å²) in [5, 5.41) is 16.5. The van der Waals surface area contributed by atoms with Crippen LogP contribution in [0.25, 0.3) is 33.0 Å². The largest absolute Gasteiger partial charge is 0.308 e. The summed E-state index contributed by atoms with van der Waals surface area (Å²) < 4.78 is 2.24. The molecule has 0 spiro atoms. The zero-order chi connectivity index (χ0) is 20.7. The second kappa shape index (κ2) is 7.46. The van der Waals surface area contributed by atoms with Crippen LogP contribution in [0.3, 0.4) is 0 Å². The molecule has 4 aromatic heterocycles. The van der Waals surface area contributed by atoms with Crippen molar-refractivity contribution in [3.8, 4) is 21.8 Å². The number of aromatic amines is 1. The van der Waals surface area contributed by atoms with E-state index in [1.54, 1.807) is 11.3 Å². The summed E-state index contributed by atoms with van der Waals surface area (Å²) in [4.78, 5) is 10.6. The van der Waals surface area contributed by atoms with Crippen molar-refractivity contribution in [3.63, 3.8) is 0 Å². The summed E-state index contributed by atoms with van der Waals surface area (Å²) in [6.07, 6.45) is 0.871. The van der Waals surface area contributed by atoms with Gasteiger partial charge >= 0.3 is 0 Å². The minimum Gasteiger partial charge on any atom is -0.308 e. The minimum atomic E-state index is 0.623. The van der Waals surface area contributed by atoms with Gasteiger partial charge in [-0.1, -0.05) is 31.2 Å². The number of nitrogens with one attached hydrogen (secondary N) is 1. The highest BCUT2D eigenvalue weighted by Gasteiger charge is 2.15. The Morgan fingerprint density at radius 3 is 2.63 bits per heavy atom. The van der Waals surface area contributed by atoms with Gasteiger partial charge in [0.25, 0.3) is 0 Å². The fourth-order valence-electron chi connectivity index (χ4n) is 3.82. The van der Waals surface area contributed by atoms with Gasteiger partial charge in [0.1, 0.15) is 11.3 Å². The van der Waals surface area contributed by atoms with Crippen LogP contribution in [-0.4, -0.2) is 35.2 Å². The zero-order valence-electron chi connectivity index (χ0n) is 17.0. The average Bonchev–Trinajstić information content (AvgIpc) is 3.48. The fraction of sp³-hybridized carbons (Fsp3) is 0.227. The first kappa shape index (κ1) is 18.6. The molecule has 0 amide bonds. The van der Waals surface area contributed by atoms with Crippen molar-refractivity contribution < 1.29 is 0 Å². The van der Waals surface area contributed by atoms with Crippen molar-refractivity contribution in [1.29, 1.82) is 0 Å². The van der Waals surface area contributed by atoms with E-state index in [-0.39, 0.29) is 0 Å². The average molecular weight is 416 g/mol. The van der Waals surface area contributed by atoms with Crippen LogP contribution in [0.1, 0.15) is 29.6 Å².